The summed E-state index contributed by atoms with van der Waals surface area (Å²) in [5.74, 6) is -0.777. The number of pyridine rings is 1. The minimum atomic E-state index is -4.10. The molecule has 0 aliphatic heterocycles. The Hall–Kier alpha value is -1.65. The number of hydrogen-bond acceptors (Lipinski definition) is 6. The molecule has 1 heterocycles. The van der Waals surface area contributed by atoms with Gasteiger partial charge in [0.05, 0.1) is 12.7 Å². The van der Waals surface area contributed by atoms with Crippen molar-refractivity contribution in [3.63, 3.8) is 0 Å². The molecule has 84 valence electrons. The summed E-state index contributed by atoms with van der Waals surface area (Å²) in [4.78, 5) is 14.6. The zero-order valence-electron chi connectivity index (χ0n) is 7.97. The van der Waals surface area contributed by atoms with Crippen molar-refractivity contribution in [3.8, 4) is 6.07 Å². The van der Waals surface area contributed by atoms with Gasteiger partial charge in [0, 0.05) is 10.7 Å². The zero-order valence-corrected chi connectivity index (χ0v) is 9.54. The molecule has 0 aliphatic rings. The van der Waals surface area contributed by atoms with Gasteiger partial charge in [-0.05, 0) is 12.1 Å². The van der Waals surface area contributed by atoms with Crippen molar-refractivity contribution in [2.45, 2.75) is 5.03 Å². The van der Waals surface area contributed by atoms with Crippen molar-refractivity contribution in [3.05, 3.63) is 23.4 Å². The van der Waals surface area contributed by atoms with Gasteiger partial charge in [0.15, 0.2) is 5.03 Å². The molecule has 6 nitrogen and oxygen atoms in total. The van der Waals surface area contributed by atoms with Crippen LogP contribution in [0.25, 0.3) is 0 Å². The fraction of sp³-hybridized carbons (Fsp3) is 0.125. The monoisotopic (exact) mass is 260 g/mol. The van der Waals surface area contributed by atoms with Crippen LogP contribution in [0.5, 0.6) is 0 Å². The van der Waals surface area contributed by atoms with E-state index in [4.69, 9.17) is 15.9 Å². The van der Waals surface area contributed by atoms with E-state index in [-0.39, 0.29) is 11.3 Å². The van der Waals surface area contributed by atoms with Gasteiger partial charge in [-0.3, -0.25) is 0 Å². The number of carbonyl (C=O) groups excluding carboxylic acids is 1. The van der Waals surface area contributed by atoms with Gasteiger partial charge in [-0.1, -0.05) is 0 Å². The summed E-state index contributed by atoms with van der Waals surface area (Å²) in [6.07, 6.45) is 0. The Labute approximate surface area is 95.8 Å². The molecule has 1 rings (SSSR count). The van der Waals surface area contributed by atoms with Crippen LogP contribution in [0, 0.1) is 11.3 Å². The van der Waals surface area contributed by atoms with Crippen LogP contribution in [0.1, 0.15) is 16.1 Å². The zero-order chi connectivity index (χ0) is 12.3. The Morgan fingerprint density at radius 1 is 1.56 bits per heavy atom. The van der Waals surface area contributed by atoms with Crippen LogP contribution in [0.3, 0.4) is 0 Å². The third-order valence-corrected chi connectivity index (χ3v) is 2.77. The quantitative estimate of drug-likeness (QED) is 0.573. The Kier molecular flexibility index (Phi) is 3.47. The van der Waals surface area contributed by atoms with Crippen LogP contribution >= 0.6 is 10.7 Å². The second-order valence-electron chi connectivity index (χ2n) is 2.62. The molecule has 0 bridgehead atoms. The van der Waals surface area contributed by atoms with Gasteiger partial charge < -0.3 is 4.74 Å². The van der Waals surface area contributed by atoms with Crippen molar-refractivity contribution in [1.82, 2.24) is 4.98 Å². The Morgan fingerprint density at radius 3 is 2.62 bits per heavy atom. The number of rotatable bonds is 2. The third-order valence-electron chi connectivity index (χ3n) is 1.59. The van der Waals surface area contributed by atoms with E-state index in [0.29, 0.717) is 0 Å². The number of hydrogen-bond donors (Lipinski definition) is 0. The van der Waals surface area contributed by atoms with E-state index in [1.165, 1.54) is 0 Å². The molecule has 0 atom stereocenters. The molecule has 8 heteroatoms. The smallest absolute Gasteiger partial charge is 0.338 e. The number of ether oxygens (including phenoxy) is 1. The van der Waals surface area contributed by atoms with Crippen LogP contribution < -0.4 is 0 Å². The Morgan fingerprint density at radius 2 is 2.19 bits per heavy atom. The molecule has 0 radical (unpaired) electrons. The molecule has 0 saturated heterocycles. The van der Waals surface area contributed by atoms with E-state index in [1.54, 1.807) is 6.07 Å². The minimum Gasteiger partial charge on any atom is -0.465 e. The predicted molar refractivity (Wildman–Crippen MR) is 53.3 cm³/mol. The lowest BCUT2D eigenvalue weighted by Gasteiger charge is -2.01. The van der Waals surface area contributed by atoms with E-state index in [2.05, 4.69) is 9.72 Å². The minimum absolute atomic E-state index is 0.103. The van der Waals surface area contributed by atoms with Crippen molar-refractivity contribution < 1.29 is 17.9 Å². The highest BCUT2D eigenvalue weighted by Crippen LogP contribution is 2.15. The normalized spacial score (nSPS) is 10.6. The van der Waals surface area contributed by atoms with Gasteiger partial charge in [-0.25, -0.2) is 18.2 Å². The van der Waals surface area contributed by atoms with Gasteiger partial charge in [0.2, 0.25) is 0 Å². The highest BCUT2D eigenvalue weighted by molar-refractivity contribution is 8.13. The first kappa shape index (κ1) is 12.4. The summed E-state index contributed by atoms with van der Waals surface area (Å²) in [6, 6.07) is 3.66. The van der Waals surface area contributed by atoms with E-state index >= 15 is 0 Å². The van der Waals surface area contributed by atoms with Gasteiger partial charge in [-0.2, -0.15) is 5.26 Å². The average molecular weight is 261 g/mol. The van der Waals surface area contributed by atoms with E-state index in [1.807, 2.05) is 0 Å². The van der Waals surface area contributed by atoms with E-state index in [9.17, 15) is 13.2 Å². The Bertz CT molecular complexity index is 576. The fourth-order valence-corrected chi connectivity index (χ4v) is 1.64. The number of aromatic nitrogens is 1. The summed E-state index contributed by atoms with van der Waals surface area (Å²) in [6.45, 7) is 0. The van der Waals surface area contributed by atoms with Crippen LogP contribution in [0.4, 0.5) is 0 Å². The van der Waals surface area contributed by atoms with Gasteiger partial charge >= 0.3 is 5.97 Å². The molecule has 0 amide bonds. The number of esters is 1. The highest BCUT2D eigenvalue weighted by atomic mass is 35.7. The lowest BCUT2D eigenvalue weighted by molar-refractivity contribution is 0.0600. The van der Waals surface area contributed by atoms with Gasteiger partial charge in [0.25, 0.3) is 9.05 Å². The van der Waals surface area contributed by atoms with E-state index in [0.717, 1.165) is 19.2 Å². The number of nitriles is 1. The number of carbonyl (C=O) groups is 1. The molecule has 0 unspecified atom stereocenters. The maximum atomic E-state index is 11.2. The largest absolute Gasteiger partial charge is 0.465 e. The van der Waals surface area contributed by atoms with Gasteiger partial charge in [-0.15, -0.1) is 0 Å². The van der Waals surface area contributed by atoms with Crippen LogP contribution in [-0.4, -0.2) is 26.5 Å². The SMILES string of the molecule is COC(=O)c1cc(C#N)nc(S(=O)(=O)Cl)c1. The summed E-state index contributed by atoms with van der Waals surface area (Å²) < 4.78 is 26.4. The molecule has 0 N–H and O–H groups in total. The van der Waals surface area contributed by atoms with Crippen LogP contribution in [0.2, 0.25) is 0 Å². The van der Waals surface area contributed by atoms with Crippen molar-refractivity contribution in [2.24, 2.45) is 0 Å². The summed E-state index contributed by atoms with van der Waals surface area (Å²) in [5, 5.41) is 8.04. The van der Waals surface area contributed by atoms with Crippen molar-refractivity contribution in [1.29, 1.82) is 5.26 Å². The first-order chi connectivity index (χ1) is 7.38. The number of halogens is 1. The Balaban J connectivity index is 3.46. The average Bonchev–Trinajstić information content (AvgIpc) is 2.26. The molecule has 1 aromatic rings. The van der Waals surface area contributed by atoms with E-state index < -0.39 is 20.0 Å². The molecule has 0 saturated carbocycles. The predicted octanol–water partition coefficient (Wildman–Crippen LogP) is 0.667. The topological polar surface area (TPSA) is 97.1 Å². The highest BCUT2D eigenvalue weighted by Gasteiger charge is 2.17. The van der Waals surface area contributed by atoms with Crippen molar-refractivity contribution >= 4 is 25.7 Å². The summed E-state index contributed by atoms with van der Waals surface area (Å²) in [7, 11) is 2.09. The van der Waals surface area contributed by atoms with Crippen LogP contribution in [-0.2, 0) is 13.8 Å². The third kappa shape index (κ3) is 2.68. The lowest BCUT2D eigenvalue weighted by atomic mass is 10.2. The second-order valence-corrected chi connectivity index (χ2v) is 5.13. The molecular weight excluding hydrogens is 256 g/mol. The maximum absolute atomic E-state index is 11.2. The standard InChI is InChI=1S/C8H5ClN2O4S/c1-15-8(12)5-2-6(4-10)11-7(3-5)16(9,13)14/h2-3H,1H3. The number of nitrogens with zero attached hydrogens (tertiary/aromatic N) is 2. The first-order valence-corrected chi connectivity index (χ1v) is 6.14. The molecular formula is C8H5ClN2O4S. The molecule has 0 spiro atoms. The molecule has 0 aliphatic carbocycles. The molecule has 0 aromatic carbocycles. The van der Waals surface area contributed by atoms with Gasteiger partial charge in [0.1, 0.15) is 11.8 Å². The molecule has 1 aromatic heterocycles. The summed E-state index contributed by atoms with van der Waals surface area (Å²) >= 11 is 0. The lowest BCUT2D eigenvalue weighted by Crippen LogP contribution is -2.06. The molecule has 16 heavy (non-hydrogen) atoms. The van der Waals surface area contributed by atoms with Crippen molar-refractivity contribution in [2.75, 3.05) is 7.11 Å². The van der Waals surface area contributed by atoms with Crippen LogP contribution in [0.15, 0.2) is 17.2 Å². The number of methoxy groups -OCH3 is 1. The molecule has 0 fully saturated rings. The first-order valence-electron chi connectivity index (χ1n) is 3.83. The summed E-state index contributed by atoms with van der Waals surface area (Å²) in [5.41, 5.74) is -0.338. The maximum Gasteiger partial charge on any atom is 0.338 e. The fourth-order valence-electron chi connectivity index (χ4n) is 0.923. The second kappa shape index (κ2) is 4.47.